The van der Waals surface area contributed by atoms with Gasteiger partial charge in [-0.1, -0.05) is 0 Å². The number of aryl methyl sites for hydroxylation is 1. The van der Waals surface area contributed by atoms with Crippen molar-refractivity contribution in [3.05, 3.63) is 53.5 Å². The fourth-order valence-electron chi connectivity index (χ4n) is 2.39. The second-order valence-electron chi connectivity index (χ2n) is 5.57. The number of nitrogens with one attached hydrogen (secondary N) is 1. The molecule has 0 saturated carbocycles. The first kappa shape index (κ1) is 19.2. The van der Waals surface area contributed by atoms with Crippen LogP contribution in [0.1, 0.15) is 40.3 Å². The monoisotopic (exact) mass is 358 g/mol. The molecule has 0 atom stereocenters. The zero-order valence-electron chi connectivity index (χ0n) is 15.1. The lowest BCUT2D eigenvalue weighted by Gasteiger charge is -2.18. The van der Waals surface area contributed by atoms with Crippen LogP contribution >= 0.6 is 0 Å². The quantitative estimate of drug-likeness (QED) is 0.769. The van der Waals surface area contributed by atoms with Crippen molar-refractivity contribution in [1.29, 1.82) is 0 Å². The van der Waals surface area contributed by atoms with Crippen LogP contribution in [-0.4, -0.2) is 42.4 Å². The molecule has 0 aliphatic heterocycles. The van der Waals surface area contributed by atoms with E-state index in [9.17, 15) is 14.4 Å². The minimum atomic E-state index is -0.619. The Bertz CT molecular complexity index is 775. The summed E-state index contributed by atoms with van der Waals surface area (Å²) in [6.07, 6.45) is 1.38. The van der Waals surface area contributed by atoms with Gasteiger partial charge in [-0.3, -0.25) is 9.59 Å². The number of nitrogens with zero attached hydrogens (tertiary/aromatic N) is 1. The summed E-state index contributed by atoms with van der Waals surface area (Å²) in [5.41, 5.74) is 1.35. The van der Waals surface area contributed by atoms with Gasteiger partial charge < -0.3 is 19.4 Å². The maximum absolute atomic E-state index is 12.2. The highest BCUT2D eigenvalue weighted by Crippen LogP contribution is 2.13. The molecule has 26 heavy (non-hydrogen) atoms. The highest BCUT2D eigenvalue weighted by molar-refractivity contribution is 5.97. The number of ether oxygens (including phenoxy) is 1. The van der Waals surface area contributed by atoms with Gasteiger partial charge in [0.1, 0.15) is 11.3 Å². The van der Waals surface area contributed by atoms with Crippen LogP contribution in [0.15, 0.2) is 41.0 Å². The lowest BCUT2D eigenvalue weighted by molar-refractivity contribution is -0.119. The lowest BCUT2D eigenvalue weighted by Crippen LogP contribution is -2.30. The van der Waals surface area contributed by atoms with Crippen LogP contribution in [0.4, 0.5) is 5.69 Å². The maximum atomic E-state index is 12.2. The molecular weight excluding hydrogens is 336 g/mol. The van der Waals surface area contributed by atoms with Crippen molar-refractivity contribution in [3.63, 3.8) is 0 Å². The fraction of sp³-hybridized carbons (Fsp3) is 0.316. The Kier molecular flexibility index (Phi) is 6.54. The third kappa shape index (κ3) is 4.72. The molecule has 1 aromatic carbocycles. The van der Waals surface area contributed by atoms with Gasteiger partial charge in [-0.15, -0.1) is 0 Å². The first-order valence-corrected chi connectivity index (χ1v) is 8.36. The maximum Gasteiger partial charge on any atom is 0.342 e. The molecule has 0 fully saturated rings. The van der Waals surface area contributed by atoms with Gasteiger partial charge in [0.15, 0.2) is 6.61 Å². The predicted octanol–water partition coefficient (Wildman–Crippen LogP) is 2.87. The van der Waals surface area contributed by atoms with Crippen LogP contribution in [0.2, 0.25) is 0 Å². The molecule has 2 amide bonds. The molecule has 2 rings (SSSR count). The molecule has 0 saturated heterocycles. The highest BCUT2D eigenvalue weighted by atomic mass is 16.5. The SMILES string of the molecule is CCN(CC)C(=O)c1ccc(NC(=O)COC(=O)c2ccoc2C)cc1. The van der Waals surface area contributed by atoms with Crippen LogP contribution in [-0.2, 0) is 9.53 Å². The number of amides is 2. The van der Waals surface area contributed by atoms with E-state index < -0.39 is 18.5 Å². The Morgan fingerprint density at radius 2 is 1.73 bits per heavy atom. The van der Waals surface area contributed by atoms with Crippen molar-refractivity contribution in [2.75, 3.05) is 25.0 Å². The normalized spacial score (nSPS) is 10.3. The van der Waals surface area contributed by atoms with Crippen molar-refractivity contribution in [2.24, 2.45) is 0 Å². The Morgan fingerprint density at radius 1 is 1.08 bits per heavy atom. The largest absolute Gasteiger partial charge is 0.469 e. The fourth-order valence-corrected chi connectivity index (χ4v) is 2.39. The third-order valence-electron chi connectivity index (χ3n) is 3.88. The van der Waals surface area contributed by atoms with Crippen molar-refractivity contribution in [3.8, 4) is 0 Å². The number of rotatable bonds is 7. The smallest absolute Gasteiger partial charge is 0.342 e. The zero-order valence-corrected chi connectivity index (χ0v) is 15.1. The standard InChI is InChI=1S/C19H22N2O5/c1-4-21(5-2)18(23)14-6-8-15(9-7-14)20-17(22)12-26-19(24)16-10-11-25-13(16)3/h6-11H,4-5,12H2,1-3H3,(H,20,22). The van der Waals surface area contributed by atoms with Crippen molar-refractivity contribution >= 4 is 23.5 Å². The minimum Gasteiger partial charge on any atom is -0.469 e. The van der Waals surface area contributed by atoms with Gasteiger partial charge in [-0.05, 0) is 51.1 Å². The first-order valence-electron chi connectivity index (χ1n) is 8.36. The van der Waals surface area contributed by atoms with E-state index in [1.807, 2.05) is 13.8 Å². The molecule has 1 aromatic heterocycles. The summed E-state index contributed by atoms with van der Waals surface area (Å²) in [5, 5.41) is 2.62. The van der Waals surface area contributed by atoms with E-state index in [-0.39, 0.29) is 11.5 Å². The summed E-state index contributed by atoms with van der Waals surface area (Å²) in [6.45, 7) is 6.33. The molecule has 0 aliphatic carbocycles. The number of furan rings is 1. The molecule has 0 spiro atoms. The molecule has 0 unspecified atom stereocenters. The molecule has 0 radical (unpaired) electrons. The summed E-state index contributed by atoms with van der Waals surface area (Å²) >= 11 is 0. The van der Waals surface area contributed by atoms with Crippen molar-refractivity contribution < 1.29 is 23.5 Å². The predicted molar refractivity (Wildman–Crippen MR) is 96.1 cm³/mol. The molecule has 1 heterocycles. The van der Waals surface area contributed by atoms with Crippen LogP contribution in [0.3, 0.4) is 0 Å². The van der Waals surface area contributed by atoms with Crippen molar-refractivity contribution in [2.45, 2.75) is 20.8 Å². The Labute approximate surface area is 151 Å². The van der Waals surface area contributed by atoms with Gasteiger partial charge in [0, 0.05) is 24.3 Å². The van der Waals surface area contributed by atoms with E-state index in [4.69, 9.17) is 9.15 Å². The molecule has 1 N–H and O–H groups in total. The van der Waals surface area contributed by atoms with Crippen molar-refractivity contribution in [1.82, 2.24) is 4.90 Å². The van der Waals surface area contributed by atoms with Crippen LogP contribution in [0.5, 0.6) is 0 Å². The van der Waals surface area contributed by atoms with Gasteiger partial charge >= 0.3 is 5.97 Å². The second kappa shape index (κ2) is 8.84. The molecule has 2 aromatic rings. The number of hydrogen-bond donors (Lipinski definition) is 1. The van der Waals surface area contributed by atoms with E-state index in [0.29, 0.717) is 30.1 Å². The number of hydrogen-bond acceptors (Lipinski definition) is 5. The first-order chi connectivity index (χ1) is 12.5. The number of benzene rings is 1. The van der Waals surface area contributed by atoms with Gasteiger partial charge in [-0.25, -0.2) is 4.79 Å². The molecule has 0 bridgehead atoms. The third-order valence-corrected chi connectivity index (χ3v) is 3.88. The van der Waals surface area contributed by atoms with E-state index in [2.05, 4.69) is 5.32 Å². The Balaban J connectivity index is 1.88. The van der Waals surface area contributed by atoms with Crippen LogP contribution < -0.4 is 5.32 Å². The summed E-state index contributed by atoms with van der Waals surface area (Å²) in [4.78, 5) is 37.7. The average Bonchev–Trinajstić information content (AvgIpc) is 3.07. The van der Waals surface area contributed by atoms with Gasteiger partial charge in [-0.2, -0.15) is 0 Å². The molecule has 0 aliphatic rings. The number of carbonyl (C=O) groups is 3. The van der Waals surface area contributed by atoms with E-state index in [1.165, 1.54) is 12.3 Å². The van der Waals surface area contributed by atoms with E-state index in [1.54, 1.807) is 36.1 Å². The molecule has 7 nitrogen and oxygen atoms in total. The van der Waals surface area contributed by atoms with Gasteiger partial charge in [0.05, 0.1) is 6.26 Å². The number of anilines is 1. The molecular formula is C19H22N2O5. The van der Waals surface area contributed by atoms with E-state index >= 15 is 0 Å². The summed E-state index contributed by atoms with van der Waals surface area (Å²) in [6, 6.07) is 8.06. The minimum absolute atomic E-state index is 0.0581. The second-order valence-corrected chi connectivity index (χ2v) is 5.57. The Hall–Kier alpha value is -3.09. The average molecular weight is 358 g/mol. The lowest BCUT2D eigenvalue weighted by atomic mass is 10.2. The van der Waals surface area contributed by atoms with Gasteiger partial charge in [0.25, 0.3) is 11.8 Å². The summed E-state index contributed by atoms with van der Waals surface area (Å²) in [5.74, 6) is -0.713. The Morgan fingerprint density at radius 3 is 2.27 bits per heavy atom. The number of esters is 1. The van der Waals surface area contributed by atoms with Gasteiger partial charge in [0.2, 0.25) is 0 Å². The topological polar surface area (TPSA) is 88.9 Å². The molecule has 138 valence electrons. The molecule has 7 heteroatoms. The van der Waals surface area contributed by atoms with Crippen LogP contribution in [0.25, 0.3) is 0 Å². The number of carbonyl (C=O) groups excluding carboxylic acids is 3. The summed E-state index contributed by atoms with van der Waals surface area (Å²) in [7, 11) is 0. The van der Waals surface area contributed by atoms with E-state index in [0.717, 1.165) is 0 Å². The zero-order chi connectivity index (χ0) is 19.1. The van der Waals surface area contributed by atoms with Crippen LogP contribution in [0, 0.1) is 6.92 Å². The summed E-state index contributed by atoms with van der Waals surface area (Å²) < 4.78 is 9.97. The highest BCUT2D eigenvalue weighted by Gasteiger charge is 2.15.